The molecule has 1 unspecified atom stereocenters. The number of carbonyl (C=O) groups is 1. The van der Waals surface area contributed by atoms with Crippen molar-refractivity contribution in [2.24, 2.45) is 0 Å². The van der Waals surface area contributed by atoms with Crippen LogP contribution in [0, 0.1) is 10.1 Å². The highest BCUT2D eigenvalue weighted by atomic mass is 32.1. The van der Waals surface area contributed by atoms with Gasteiger partial charge in [0.25, 0.3) is 11.6 Å². The van der Waals surface area contributed by atoms with Crippen LogP contribution in [0.15, 0.2) is 18.2 Å². The lowest BCUT2D eigenvalue weighted by molar-refractivity contribution is -0.384. The Hall–Kier alpha value is -2.15. The second kappa shape index (κ2) is 4.20. The second-order valence-corrected chi connectivity index (χ2v) is 5.55. The van der Waals surface area contributed by atoms with Gasteiger partial charge in [0, 0.05) is 34.8 Å². The van der Waals surface area contributed by atoms with Crippen molar-refractivity contribution in [3.05, 3.63) is 33.2 Å². The van der Waals surface area contributed by atoms with Crippen molar-refractivity contribution in [2.75, 3.05) is 11.9 Å². The van der Waals surface area contributed by atoms with Gasteiger partial charge in [-0.15, -0.1) is 11.3 Å². The third-order valence-corrected chi connectivity index (χ3v) is 4.22. The van der Waals surface area contributed by atoms with Gasteiger partial charge >= 0.3 is 0 Å². The maximum atomic E-state index is 12.0. The SMILES string of the molecule is CC1CNc2c(sc3ccc([N+](=O)[O-])cc23)C(=O)N1. The molecule has 1 aliphatic rings. The maximum Gasteiger partial charge on any atom is 0.270 e. The Morgan fingerprint density at radius 2 is 2.26 bits per heavy atom. The van der Waals surface area contributed by atoms with Crippen LogP contribution >= 0.6 is 11.3 Å². The van der Waals surface area contributed by atoms with E-state index in [-0.39, 0.29) is 17.6 Å². The molecule has 2 heterocycles. The first kappa shape index (κ1) is 11.9. The predicted molar refractivity (Wildman–Crippen MR) is 73.9 cm³/mol. The highest BCUT2D eigenvalue weighted by Gasteiger charge is 2.24. The van der Waals surface area contributed by atoms with Crippen molar-refractivity contribution < 1.29 is 9.72 Å². The Kier molecular flexibility index (Phi) is 2.63. The zero-order valence-electron chi connectivity index (χ0n) is 10.1. The minimum absolute atomic E-state index is 0.0286. The second-order valence-electron chi connectivity index (χ2n) is 4.50. The molecule has 0 fully saturated rings. The average molecular weight is 277 g/mol. The summed E-state index contributed by atoms with van der Waals surface area (Å²) in [5.74, 6) is -0.128. The monoisotopic (exact) mass is 277 g/mol. The number of hydrogen-bond donors (Lipinski definition) is 2. The number of nitrogens with one attached hydrogen (secondary N) is 2. The third-order valence-electron chi connectivity index (χ3n) is 3.05. The van der Waals surface area contributed by atoms with Crippen LogP contribution in [0.25, 0.3) is 10.1 Å². The van der Waals surface area contributed by atoms with E-state index in [1.165, 1.54) is 23.5 Å². The van der Waals surface area contributed by atoms with E-state index in [4.69, 9.17) is 0 Å². The molecular weight excluding hydrogens is 266 g/mol. The van der Waals surface area contributed by atoms with E-state index in [1.54, 1.807) is 6.07 Å². The van der Waals surface area contributed by atoms with Crippen molar-refractivity contribution in [1.82, 2.24) is 5.32 Å². The van der Waals surface area contributed by atoms with E-state index in [1.807, 2.05) is 6.92 Å². The summed E-state index contributed by atoms with van der Waals surface area (Å²) >= 11 is 1.35. The lowest BCUT2D eigenvalue weighted by Gasteiger charge is -2.09. The van der Waals surface area contributed by atoms with E-state index in [9.17, 15) is 14.9 Å². The van der Waals surface area contributed by atoms with Crippen LogP contribution < -0.4 is 10.6 Å². The number of anilines is 1. The van der Waals surface area contributed by atoms with Gasteiger partial charge in [-0.3, -0.25) is 14.9 Å². The molecule has 0 saturated carbocycles. The molecule has 1 amide bonds. The molecular formula is C12H11N3O3S. The minimum atomic E-state index is -0.428. The summed E-state index contributed by atoms with van der Waals surface area (Å²) in [6.45, 7) is 2.51. The highest BCUT2D eigenvalue weighted by Crippen LogP contribution is 2.38. The van der Waals surface area contributed by atoms with E-state index in [2.05, 4.69) is 10.6 Å². The van der Waals surface area contributed by atoms with Crippen molar-refractivity contribution in [1.29, 1.82) is 0 Å². The molecule has 0 saturated heterocycles. The van der Waals surface area contributed by atoms with Crippen LogP contribution in [0.2, 0.25) is 0 Å². The van der Waals surface area contributed by atoms with Crippen LogP contribution in [-0.2, 0) is 0 Å². The van der Waals surface area contributed by atoms with E-state index in [0.29, 0.717) is 17.1 Å². The fourth-order valence-electron chi connectivity index (χ4n) is 2.13. The summed E-state index contributed by atoms with van der Waals surface area (Å²) < 4.78 is 0.868. The quantitative estimate of drug-likeness (QED) is 0.619. The first-order chi connectivity index (χ1) is 9.06. The Bertz CT molecular complexity index is 695. The van der Waals surface area contributed by atoms with Gasteiger partial charge in [0.2, 0.25) is 0 Å². The molecule has 19 heavy (non-hydrogen) atoms. The molecule has 0 bridgehead atoms. The van der Waals surface area contributed by atoms with Crippen LogP contribution in [0.1, 0.15) is 16.6 Å². The van der Waals surface area contributed by atoms with Crippen LogP contribution in [0.3, 0.4) is 0 Å². The highest BCUT2D eigenvalue weighted by molar-refractivity contribution is 7.21. The first-order valence-electron chi connectivity index (χ1n) is 5.82. The number of thiophene rings is 1. The molecule has 1 aromatic carbocycles. The maximum absolute atomic E-state index is 12.0. The zero-order chi connectivity index (χ0) is 13.6. The summed E-state index contributed by atoms with van der Waals surface area (Å²) in [5.41, 5.74) is 0.734. The van der Waals surface area contributed by atoms with Crippen molar-refractivity contribution >= 4 is 38.7 Å². The zero-order valence-corrected chi connectivity index (χ0v) is 10.9. The van der Waals surface area contributed by atoms with Gasteiger partial charge in [0.05, 0.1) is 10.6 Å². The number of carbonyl (C=O) groups excluding carboxylic acids is 1. The molecule has 1 aromatic heterocycles. The van der Waals surface area contributed by atoms with Gasteiger partial charge in [-0.1, -0.05) is 0 Å². The number of fused-ring (bicyclic) bond motifs is 3. The largest absolute Gasteiger partial charge is 0.381 e. The van der Waals surface area contributed by atoms with Crippen molar-refractivity contribution in [2.45, 2.75) is 13.0 Å². The predicted octanol–water partition coefficient (Wildman–Crippen LogP) is 2.35. The molecule has 7 heteroatoms. The number of nitro benzene ring substituents is 1. The third kappa shape index (κ3) is 1.91. The summed E-state index contributed by atoms with van der Waals surface area (Å²) in [4.78, 5) is 23.0. The summed E-state index contributed by atoms with van der Waals surface area (Å²) in [5, 5.41) is 17.6. The molecule has 0 spiro atoms. The van der Waals surface area contributed by atoms with Gasteiger partial charge in [0.15, 0.2) is 0 Å². The number of non-ortho nitro benzene ring substituents is 1. The molecule has 2 N–H and O–H groups in total. The van der Waals surface area contributed by atoms with Crippen molar-refractivity contribution in [3.63, 3.8) is 0 Å². The Labute approximate surface area is 112 Å². The van der Waals surface area contributed by atoms with Crippen molar-refractivity contribution in [3.8, 4) is 0 Å². The first-order valence-corrected chi connectivity index (χ1v) is 6.63. The fourth-order valence-corrected chi connectivity index (χ4v) is 3.19. The van der Waals surface area contributed by atoms with Gasteiger partial charge in [0.1, 0.15) is 4.88 Å². The average Bonchev–Trinajstić information content (AvgIpc) is 2.67. The summed E-state index contributed by atoms with van der Waals surface area (Å²) in [6.07, 6.45) is 0. The van der Waals surface area contributed by atoms with Gasteiger partial charge < -0.3 is 10.6 Å². The fraction of sp³-hybridized carbons (Fsp3) is 0.250. The van der Waals surface area contributed by atoms with Gasteiger partial charge in [-0.2, -0.15) is 0 Å². The van der Waals surface area contributed by atoms with Crippen LogP contribution in [0.5, 0.6) is 0 Å². The molecule has 98 valence electrons. The number of hydrogen-bond acceptors (Lipinski definition) is 5. The van der Waals surface area contributed by atoms with E-state index < -0.39 is 4.92 Å². The normalized spacial score (nSPS) is 18.4. The van der Waals surface area contributed by atoms with E-state index in [0.717, 1.165) is 10.1 Å². The number of nitro groups is 1. The lowest BCUT2D eigenvalue weighted by Crippen LogP contribution is -2.34. The van der Waals surface area contributed by atoms with Gasteiger partial charge in [-0.25, -0.2) is 0 Å². The lowest BCUT2D eigenvalue weighted by atomic mass is 10.2. The molecule has 2 aromatic rings. The Balaban J connectivity index is 2.21. The van der Waals surface area contributed by atoms with Gasteiger partial charge in [-0.05, 0) is 13.0 Å². The number of amides is 1. The molecule has 1 aliphatic heterocycles. The Morgan fingerprint density at radius 3 is 3.00 bits per heavy atom. The van der Waals surface area contributed by atoms with Crippen LogP contribution in [-0.4, -0.2) is 23.4 Å². The molecule has 0 aliphatic carbocycles. The topological polar surface area (TPSA) is 84.3 Å². The summed E-state index contributed by atoms with van der Waals surface area (Å²) in [7, 11) is 0. The number of nitrogens with zero attached hydrogens (tertiary/aromatic N) is 1. The number of rotatable bonds is 1. The number of benzene rings is 1. The molecule has 6 nitrogen and oxygen atoms in total. The smallest absolute Gasteiger partial charge is 0.270 e. The molecule has 1 atom stereocenters. The van der Waals surface area contributed by atoms with E-state index >= 15 is 0 Å². The molecule has 3 rings (SSSR count). The van der Waals surface area contributed by atoms with Crippen LogP contribution in [0.4, 0.5) is 11.4 Å². The Morgan fingerprint density at radius 1 is 1.47 bits per heavy atom. The summed E-state index contributed by atoms with van der Waals surface area (Å²) in [6, 6.07) is 4.69. The minimum Gasteiger partial charge on any atom is -0.381 e. The standard InChI is InChI=1S/C12H11N3O3S/c1-6-5-13-10-8-4-7(15(17)18)2-3-9(8)19-11(10)12(16)14-6/h2-4,6,13H,5H2,1H3,(H,14,16). The molecule has 0 radical (unpaired) electrons.